The van der Waals surface area contributed by atoms with Crippen molar-refractivity contribution in [1.82, 2.24) is 9.97 Å². The van der Waals surface area contributed by atoms with Gasteiger partial charge in [0, 0.05) is 18.7 Å². The van der Waals surface area contributed by atoms with Gasteiger partial charge in [-0.15, -0.1) is 0 Å². The van der Waals surface area contributed by atoms with E-state index in [-0.39, 0.29) is 0 Å². The Hall–Kier alpha value is -1.18. The van der Waals surface area contributed by atoms with Crippen LogP contribution < -0.4 is 10.6 Å². The summed E-state index contributed by atoms with van der Waals surface area (Å²) in [5.41, 5.74) is 0. The highest BCUT2D eigenvalue weighted by Gasteiger charge is 2.30. The van der Waals surface area contributed by atoms with Crippen LogP contribution in [-0.4, -0.2) is 35.0 Å². The van der Waals surface area contributed by atoms with Crippen molar-refractivity contribution in [1.29, 1.82) is 0 Å². The molecule has 1 heterocycles. The Labute approximate surface area is 114 Å². The van der Waals surface area contributed by atoms with Crippen molar-refractivity contribution in [2.24, 2.45) is 0 Å². The van der Waals surface area contributed by atoms with E-state index in [2.05, 4.69) is 20.6 Å². The molecule has 0 aliphatic heterocycles. The lowest BCUT2D eigenvalue weighted by Gasteiger charge is -2.17. The van der Waals surface area contributed by atoms with Gasteiger partial charge in [0.15, 0.2) is 5.16 Å². The van der Waals surface area contributed by atoms with Gasteiger partial charge in [-0.05, 0) is 20.1 Å². The van der Waals surface area contributed by atoms with E-state index in [0.29, 0.717) is 23.3 Å². The van der Waals surface area contributed by atoms with E-state index in [4.69, 9.17) is 0 Å². The highest BCUT2D eigenvalue weighted by atomic mass is 32.2. The maximum absolute atomic E-state index is 12.3. The molecule has 1 atom stereocenters. The van der Waals surface area contributed by atoms with E-state index < -0.39 is 18.6 Å². The quantitative estimate of drug-likeness (QED) is 0.622. The molecule has 2 N–H and O–H groups in total. The number of rotatable bonds is 6. The molecule has 19 heavy (non-hydrogen) atoms. The van der Waals surface area contributed by atoms with E-state index in [1.807, 2.05) is 13.2 Å². The summed E-state index contributed by atoms with van der Waals surface area (Å²) >= 11 is 1.34. The summed E-state index contributed by atoms with van der Waals surface area (Å²) in [5, 5.41) is 6.28. The minimum Gasteiger partial charge on any atom is -0.370 e. The fourth-order valence-electron chi connectivity index (χ4n) is 1.51. The van der Waals surface area contributed by atoms with E-state index >= 15 is 0 Å². The first kappa shape index (κ1) is 15.9. The van der Waals surface area contributed by atoms with E-state index in [1.165, 1.54) is 18.7 Å². The second-order valence-corrected chi connectivity index (χ2v) is 4.79. The molecule has 0 fully saturated rings. The zero-order valence-electron chi connectivity index (χ0n) is 11.0. The molecule has 0 aromatic carbocycles. The maximum Gasteiger partial charge on any atom is 0.391 e. The monoisotopic (exact) mass is 294 g/mol. The molecular weight excluding hydrogens is 277 g/mol. The average molecular weight is 294 g/mol. The van der Waals surface area contributed by atoms with Crippen LogP contribution in [0.15, 0.2) is 11.2 Å². The first-order chi connectivity index (χ1) is 8.84. The zero-order valence-corrected chi connectivity index (χ0v) is 11.8. The molecule has 4 nitrogen and oxygen atoms in total. The fourth-order valence-corrected chi connectivity index (χ4v) is 1.89. The van der Waals surface area contributed by atoms with Crippen molar-refractivity contribution in [2.75, 3.05) is 23.4 Å². The smallest absolute Gasteiger partial charge is 0.370 e. The fraction of sp³-hybridized carbons (Fsp3) is 0.636. The van der Waals surface area contributed by atoms with E-state index in [1.54, 1.807) is 6.07 Å². The summed E-state index contributed by atoms with van der Waals surface area (Å²) in [6, 6.07) is 0.870. The first-order valence-electron chi connectivity index (χ1n) is 5.84. The highest BCUT2D eigenvalue weighted by Crippen LogP contribution is 2.24. The first-order valence-corrected chi connectivity index (χ1v) is 7.06. The third-order valence-corrected chi connectivity index (χ3v) is 2.73. The van der Waals surface area contributed by atoms with Crippen molar-refractivity contribution in [3.63, 3.8) is 0 Å². The Bertz CT molecular complexity index is 411. The lowest BCUT2D eigenvalue weighted by molar-refractivity contribution is -0.136. The molecule has 1 aromatic heterocycles. The Morgan fingerprint density at radius 3 is 2.47 bits per heavy atom. The largest absolute Gasteiger partial charge is 0.391 e. The molecule has 108 valence electrons. The van der Waals surface area contributed by atoms with Gasteiger partial charge in [0.25, 0.3) is 0 Å². The van der Waals surface area contributed by atoms with Gasteiger partial charge in [0.2, 0.25) is 0 Å². The number of aromatic nitrogens is 2. The molecule has 0 spiro atoms. The molecule has 1 rings (SSSR count). The van der Waals surface area contributed by atoms with E-state index in [0.717, 1.165) is 0 Å². The minimum absolute atomic E-state index is 0.395. The van der Waals surface area contributed by atoms with Crippen LogP contribution in [0.25, 0.3) is 0 Å². The minimum atomic E-state index is -4.19. The van der Waals surface area contributed by atoms with Crippen LogP contribution in [-0.2, 0) is 0 Å². The maximum atomic E-state index is 12.3. The van der Waals surface area contributed by atoms with Crippen molar-refractivity contribution in [3.05, 3.63) is 6.07 Å². The summed E-state index contributed by atoms with van der Waals surface area (Å²) in [7, 11) is 0. The second-order valence-electron chi connectivity index (χ2n) is 4.02. The SMILES string of the molecule is CCNc1cc(NC(C)CC(F)(F)F)nc(SC)n1. The Morgan fingerprint density at radius 1 is 1.32 bits per heavy atom. The molecule has 0 bridgehead atoms. The lowest BCUT2D eigenvalue weighted by atomic mass is 10.2. The molecule has 8 heteroatoms. The molecule has 1 unspecified atom stereocenters. The van der Waals surface area contributed by atoms with Gasteiger partial charge in [0.05, 0.1) is 6.42 Å². The van der Waals surface area contributed by atoms with Crippen LogP contribution in [0.4, 0.5) is 24.8 Å². The standard InChI is InChI=1S/C11H17F3N4S/c1-4-15-8-5-9(18-10(17-8)19-3)16-7(2)6-11(12,13)14/h5,7H,4,6H2,1-3H3,(H2,15,16,17,18). The number of thioether (sulfide) groups is 1. The Kier molecular flexibility index (Phi) is 5.71. The number of nitrogens with zero attached hydrogens (tertiary/aromatic N) is 2. The van der Waals surface area contributed by atoms with Crippen molar-refractivity contribution in [2.45, 2.75) is 37.6 Å². The molecule has 0 aliphatic rings. The highest BCUT2D eigenvalue weighted by molar-refractivity contribution is 7.98. The molecule has 0 aliphatic carbocycles. The molecule has 0 amide bonds. The number of halogens is 3. The molecule has 0 saturated carbocycles. The van der Waals surface area contributed by atoms with Crippen LogP contribution in [0.2, 0.25) is 0 Å². The number of alkyl halides is 3. The summed E-state index contributed by atoms with van der Waals surface area (Å²) in [6.07, 6.45) is -3.28. The van der Waals surface area contributed by atoms with Crippen molar-refractivity contribution < 1.29 is 13.2 Å². The predicted octanol–water partition coefficient (Wildman–Crippen LogP) is 3.38. The molecule has 0 saturated heterocycles. The van der Waals surface area contributed by atoms with Gasteiger partial charge in [-0.25, -0.2) is 9.97 Å². The summed E-state index contributed by atoms with van der Waals surface area (Å²) in [5.74, 6) is 0.996. The summed E-state index contributed by atoms with van der Waals surface area (Å²) < 4.78 is 36.8. The Balaban J connectivity index is 2.79. The number of anilines is 2. The topological polar surface area (TPSA) is 49.8 Å². The van der Waals surface area contributed by atoms with Gasteiger partial charge in [-0.2, -0.15) is 13.2 Å². The van der Waals surface area contributed by atoms with E-state index in [9.17, 15) is 13.2 Å². The van der Waals surface area contributed by atoms with Gasteiger partial charge < -0.3 is 10.6 Å². The van der Waals surface area contributed by atoms with Crippen LogP contribution in [0, 0.1) is 0 Å². The summed E-state index contributed by atoms with van der Waals surface area (Å²) in [4.78, 5) is 8.34. The number of hydrogen-bond acceptors (Lipinski definition) is 5. The molecule has 1 aromatic rings. The lowest BCUT2D eigenvalue weighted by Crippen LogP contribution is -2.24. The van der Waals surface area contributed by atoms with Crippen LogP contribution in [0.3, 0.4) is 0 Å². The normalized spacial score (nSPS) is 13.2. The third-order valence-electron chi connectivity index (χ3n) is 2.18. The van der Waals surface area contributed by atoms with Gasteiger partial charge in [-0.3, -0.25) is 0 Å². The Morgan fingerprint density at radius 2 is 1.95 bits per heavy atom. The molecule has 0 radical (unpaired) electrons. The van der Waals surface area contributed by atoms with Crippen LogP contribution in [0.1, 0.15) is 20.3 Å². The predicted molar refractivity (Wildman–Crippen MR) is 71.7 cm³/mol. The molecular formula is C11H17F3N4S. The zero-order chi connectivity index (χ0) is 14.5. The van der Waals surface area contributed by atoms with Crippen molar-refractivity contribution in [3.8, 4) is 0 Å². The third kappa shape index (κ3) is 6.00. The number of hydrogen-bond donors (Lipinski definition) is 2. The van der Waals surface area contributed by atoms with Crippen LogP contribution in [0.5, 0.6) is 0 Å². The second kappa shape index (κ2) is 6.83. The average Bonchev–Trinajstić information content (AvgIpc) is 2.26. The van der Waals surface area contributed by atoms with Crippen molar-refractivity contribution >= 4 is 23.4 Å². The van der Waals surface area contributed by atoms with Crippen LogP contribution >= 0.6 is 11.8 Å². The van der Waals surface area contributed by atoms with Gasteiger partial charge in [-0.1, -0.05) is 11.8 Å². The summed E-state index contributed by atoms with van der Waals surface area (Å²) in [6.45, 7) is 4.07. The van der Waals surface area contributed by atoms with Gasteiger partial charge in [0.1, 0.15) is 11.6 Å². The number of nitrogens with one attached hydrogen (secondary N) is 2. The van der Waals surface area contributed by atoms with Gasteiger partial charge >= 0.3 is 6.18 Å².